The molecule has 0 radical (unpaired) electrons. The predicted molar refractivity (Wildman–Crippen MR) is 113 cm³/mol. The molecule has 0 aliphatic heterocycles. The Kier molecular flexibility index (Phi) is 8.89. The van der Waals surface area contributed by atoms with Gasteiger partial charge in [0.15, 0.2) is 0 Å². The average molecular weight is 453 g/mol. The highest BCUT2D eigenvalue weighted by Crippen LogP contribution is 2.31. The van der Waals surface area contributed by atoms with E-state index in [0.29, 0.717) is 5.69 Å². The average Bonchev–Trinajstić information content (AvgIpc) is 2.71. The molecule has 2 aromatic carbocycles. The van der Waals surface area contributed by atoms with Crippen LogP contribution in [0.5, 0.6) is 5.75 Å². The molecule has 0 saturated heterocycles. The van der Waals surface area contributed by atoms with Crippen LogP contribution in [0.2, 0.25) is 0 Å². The number of ether oxygens (including phenoxy) is 1. The van der Waals surface area contributed by atoms with Crippen molar-refractivity contribution in [3.05, 3.63) is 59.7 Å². The van der Waals surface area contributed by atoms with Crippen molar-refractivity contribution in [2.45, 2.75) is 38.6 Å². The zero-order valence-electron chi connectivity index (χ0n) is 17.7. The largest absolute Gasteiger partial charge is 0.491 e. The zero-order chi connectivity index (χ0) is 23.7. The van der Waals surface area contributed by atoms with Gasteiger partial charge < -0.3 is 25.8 Å². The summed E-state index contributed by atoms with van der Waals surface area (Å²) >= 11 is 0. The number of hydrogen-bond acceptors (Lipinski definition) is 4. The Hall–Kier alpha value is -3.27. The smallest absolute Gasteiger partial charge is 0.416 e. The minimum absolute atomic E-state index is 0.0366. The molecule has 0 heterocycles. The van der Waals surface area contributed by atoms with Gasteiger partial charge in [0.2, 0.25) is 5.91 Å². The van der Waals surface area contributed by atoms with Crippen LogP contribution in [0.25, 0.3) is 0 Å². The molecule has 0 aliphatic rings. The Labute approximate surface area is 184 Å². The number of anilines is 1. The van der Waals surface area contributed by atoms with Crippen molar-refractivity contribution in [1.82, 2.24) is 10.6 Å². The van der Waals surface area contributed by atoms with Crippen molar-refractivity contribution in [3.8, 4) is 5.75 Å². The van der Waals surface area contributed by atoms with Gasteiger partial charge in [-0.1, -0.05) is 18.2 Å². The summed E-state index contributed by atoms with van der Waals surface area (Å²) in [6, 6.07) is 10.5. The number of halogens is 3. The van der Waals surface area contributed by atoms with Crippen molar-refractivity contribution in [2.75, 3.05) is 18.5 Å². The van der Waals surface area contributed by atoms with Crippen LogP contribution in [-0.4, -0.2) is 42.3 Å². The van der Waals surface area contributed by atoms with Crippen molar-refractivity contribution in [2.24, 2.45) is 0 Å². The molecule has 3 amide bonds. The summed E-state index contributed by atoms with van der Waals surface area (Å²) in [5.74, 6) is -0.134. The highest BCUT2D eigenvalue weighted by Gasteiger charge is 2.30. The molecule has 2 aromatic rings. The summed E-state index contributed by atoms with van der Waals surface area (Å²) in [6.45, 7) is 3.28. The molecule has 174 valence electrons. The Morgan fingerprint density at radius 1 is 1.09 bits per heavy atom. The fourth-order valence-corrected chi connectivity index (χ4v) is 2.66. The van der Waals surface area contributed by atoms with Crippen LogP contribution < -0.4 is 20.7 Å². The molecule has 4 N–H and O–H groups in total. The van der Waals surface area contributed by atoms with Crippen molar-refractivity contribution in [1.29, 1.82) is 0 Å². The molecule has 0 aromatic heterocycles. The van der Waals surface area contributed by atoms with Gasteiger partial charge in [0.05, 0.1) is 12.0 Å². The fourth-order valence-electron chi connectivity index (χ4n) is 2.66. The van der Waals surface area contributed by atoms with E-state index in [0.717, 1.165) is 17.7 Å². The monoisotopic (exact) mass is 453 g/mol. The molecule has 1 unspecified atom stereocenters. The van der Waals surface area contributed by atoms with E-state index in [1.54, 1.807) is 24.3 Å². The third kappa shape index (κ3) is 8.84. The Bertz CT molecular complexity index is 902. The number of nitrogens with one attached hydrogen (secondary N) is 3. The molecule has 2 rings (SSSR count). The first kappa shape index (κ1) is 25.0. The second-order valence-corrected chi connectivity index (χ2v) is 7.42. The minimum atomic E-state index is -4.49. The molecule has 0 saturated carbocycles. The van der Waals surface area contributed by atoms with Gasteiger partial charge in [-0.15, -0.1) is 0 Å². The summed E-state index contributed by atoms with van der Waals surface area (Å²) < 4.78 is 43.3. The Balaban J connectivity index is 1.74. The normalized spacial score (nSPS) is 12.2. The van der Waals surface area contributed by atoms with E-state index in [9.17, 15) is 27.9 Å². The van der Waals surface area contributed by atoms with E-state index >= 15 is 0 Å². The summed E-state index contributed by atoms with van der Waals surface area (Å²) in [7, 11) is 0. The highest BCUT2D eigenvalue weighted by atomic mass is 19.4. The fraction of sp³-hybridized carbons (Fsp3) is 0.364. The molecule has 32 heavy (non-hydrogen) atoms. The standard InChI is InChI=1S/C22H26F3N3O4/c1-14(2)27-20(30)10-15-6-8-17(9-7-15)28-21(31)26-12-18(29)13-32-19-5-3-4-16(11-19)22(23,24)25/h3-9,11,14,18,29H,10,12-13H2,1-2H3,(H,27,30)(H2,26,28,31). The van der Waals surface area contributed by atoms with E-state index in [1.807, 2.05) is 13.8 Å². The van der Waals surface area contributed by atoms with E-state index in [2.05, 4.69) is 16.0 Å². The molecule has 0 fully saturated rings. The third-order valence-electron chi connectivity index (χ3n) is 4.13. The maximum absolute atomic E-state index is 12.7. The molecule has 7 nitrogen and oxygen atoms in total. The van der Waals surface area contributed by atoms with Crippen LogP contribution >= 0.6 is 0 Å². The molecule has 0 aliphatic carbocycles. The predicted octanol–water partition coefficient (Wildman–Crippen LogP) is 3.33. The SMILES string of the molecule is CC(C)NC(=O)Cc1ccc(NC(=O)NCC(O)COc2cccc(C(F)(F)F)c2)cc1. The molecule has 1 atom stereocenters. The lowest BCUT2D eigenvalue weighted by molar-refractivity contribution is -0.137. The lowest BCUT2D eigenvalue weighted by Crippen LogP contribution is -2.37. The van der Waals surface area contributed by atoms with Gasteiger partial charge in [-0.05, 0) is 49.7 Å². The summed E-state index contributed by atoms with van der Waals surface area (Å²) in [5.41, 5.74) is 0.426. The number of carbonyl (C=O) groups is 2. The number of alkyl halides is 3. The lowest BCUT2D eigenvalue weighted by Gasteiger charge is -2.15. The number of benzene rings is 2. The van der Waals surface area contributed by atoms with Gasteiger partial charge in [0.1, 0.15) is 18.5 Å². The topological polar surface area (TPSA) is 99.7 Å². The molecule has 10 heteroatoms. The summed E-state index contributed by atoms with van der Waals surface area (Å²) in [4.78, 5) is 23.7. The van der Waals surface area contributed by atoms with Gasteiger partial charge in [0.25, 0.3) is 0 Å². The van der Waals surface area contributed by atoms with Crippen LogP contribution in [0, 0.1) is 0 Å². The molecule has 0 bridgehead atoms. The van der Waals surface area contributed by atoms with E-state index < -0.39 is 23.9 Å². The maximum Gasteiger partial charge on any atom is 0.416 e. The third-order valence-corrected chi connectivity index (χ3v) is 4.13. The van der Waals surface area contributed by atoms with Crippen LogP contribution in [0.4, 0.5) is 23.7 Å². The molecule has 0 spiro atoms. The highest BCUT2D eigenvalue weighted by molar-refractivity contribution is 5.89. The number of aliphatic hydroxyl groups is 1. The quantitative estimate of drug-likeness (QED) is 0.468. The van der Waals surface area contributed by atoms with Gasteiger partial charge >= 0.3 is 12.2 Å². The number of urea groups is 1. The number of aliphatic hydroxyl groups excluding tert-OH is 1. The van der Waals surface area contributed by atoms with Gasteiger partial charge in [0, 0.05) is 18.3 Å². The Morgan fingerprint density at radius 2 is 1.78 bits per heavy atom. The summed E-state index contributed by atoms with van der Waals surface area (Å²) in [6.07, 6.45) is -5.39. The summed E-state index contributed by atoms with van der Waals surface area (Å²) in [5, 5.41) is 17.7. The zero-order valence-corrected chi connectivity index (χ0v) is 17.7. The van der Waals surface area contributed by atoms with Gasteiger partial charge in [-0.3, -0.25) is 4.79 Å². The second-order valence-electron chi connectivity index (χ2n) is 7.42. The first-order valence-electron chi connectivity index (χ1n) is 9.94. The van der Waals surface area contributed by atoms with Crippen LogP contribution in [-0.2, 0) is 17.4 Å². The first-order valence-corrected chi connectivity index (χ1v) is 9.94. The van der Waals surface area contributed by atoms with Crippen LogP contribution in [0.3, 0.4) is 0 Å². The minimum Gasteiger partial charge on any atom is -0.491 e. The lowest BCUT2D eigenvalue weighted by atomic mass is 10.1. The number of amides is 3. The van der Waals surface area contributed by atoms with Crippen LogP contribution in [0.15, 0.2) is 48.5 Å². The van der Waals surface area contributed by atoms with E-state index in [4.69, 9.17) is 4.74 Å². The van der Waals surface area contributed by atoms with Crippen molar-refractivity contribution < 1.29 is 32.6 Å². The number of carbonyl (C=O) groups excluding carboxylic acids is 2. The maximum atomic E-state index is 12.7. The van der Waals surface area contributed by atoms with Gasteiger partial charge in [-0.25, -0.2) is 4.79 Å². The van der Waals surface area contributed by atoms with Crippen LogP contribution in [0.1, 0.15) is 25.0 Å². The van der Waals surface area contributed by atoms with E-state index in [-0.39, 0.29) is 37.3 Å². The van der Waals surface area contributed by atoms with Crippen molar-refractivity contribution in [3.63, 3.8) is 0 Å². The molecular formula is C22H26F3N3O4. The molecular weight excluding hydrogens is 427 g/mol. The number of rotatable bonds is 9. The second kappa shape index (κ2) is 11.4. The Morgan fingerprint density at radius 3 is 2.41 bits per heavy atom. The first-order chi connectivity index (χ1) is 15.0. The van der Waals surface area contributed by atoms with E-state index in [1.165, 1.54) is 12.1 Å². The number of hydrogen-bond donors (Lipinski definition) is 4. The van der Waals surface area contributed by atoms with Crippen molar-refractivity contribution >= 4 is 17.6 Å². The van der Waals surface area contributed by atoms with Gasteiger partial charge in [-0.2, -0.15) is 13.2 Å².